The number of nitro groups is 2. The zero-order valence-electron chi connectivity index (χ0n) is 14.1. The molecular weight excluding hydrogens is 388 g/mol. The van der Waals surface area contributed by atoms with Crippen molar-refractivity contribution in [2.75, 3.05) is 11.9 Å². The minimum atomic E-state index is -0.526. The van der Waals surface area contributed by atoms with Crippen LogP contribution in [-0.4, -0.2) is 27.3 Å². The van der Waals surface area contributed by atoms with E-state index in [0.29, 0.717) is 22.1 Å². The van der Waals surface area contributed by atoms with Crippen molar-refractivity contribution < 1.29 is 19.4 Å². The van der Waals surface area contributed by atoms with Gasteiger partial charge in [-0.25, -0.2) is 4.98 Å². The Morgan fingerprint density at radius 3 is 2.14 bits per heavy atom. The molecule has 1 aromatic heterocycles. The van der Waals surface area contributed by atoms with E-state index in [0.717, 1.165) is 0 Å². The maximum absolute atomic E-state index is 12.0. The van der Waals surface area contributed by atoms with E-state index in [1.54, 1.807) is 17.5 Å². The van der Waals surface area contributed by atoms with Crippen LogP contribution in [0.25, 0.3) is 11.3 Å². The van der Waals surface area contributed by atoms with Gasteiger partial charge < -0.3 is 4.74 Å². The monoisotopic (exact) mass is 400 g/mol. The maximum Gasteiger partial charge on any atom is 0.269 e. The van der Waals surface area contributed by atoms with Crippen LogP contribution in [0.4, 0.5) is 16.5 Å². The number of benzene rings is 2. The van der Waals surface area contributed by atoms with Gasteiger partial charge in [-0.15, -0.1) is 11.3 Å². The number of non-ortho nitro benzene ring substituents is 2. The lowest BCUT2D eigenvalue weighted by Crippen LogP contribution is -2.20. The van der Waals surface area contributed by atoms with Crippen molar-refractivity contribution in [2.24, 2.45) is 0 Å². The van der Waals surface area contributed by atoms with E-state index in [9.17, 15) is 25.0 Å². The second-order valence-corrected chi connectivity index (χ2v) is 6.29. The third-order valence-electron chi connectivity index (χ3n) is 3.54. The molecule has 142 valence electrons. The fourth-order valence-electron chi connectivity index (χ4n) is 2.19. The lowest BCUT2D eigenvalue weighted by atomic mass is 10.1. The molecule has 0 aliphatic rings. The van der Waals surface area contributed by atoms with E-state index in [4.69, 9.17) is 4.74 Å². The predicted octanol–water partition coefficient (Wildman–Crippen LogP) is 3.64. The highest BCUT2D eigenvalue weighted by atomic mass is 32.1. The van der Waals surface area contributed by atoms with Crippen LogP contribution >= 0.6 is 11.3 Å². The first-order valence-corrected chi connectivity index (χ1v) is 8.68. The Morgan fingerprint density at radius 1 is 1.00 bits per heavy atom. The second-order valence-electron chi connectivity index (χ2n) is 5.43. The molecule has 0 aliphatic heterocycles. The number of ether oxygens (including phenoxy) is 1. The summed E-state index contributed by atoms with van der Waals surface area (Å²) in [5.74, 6) is -0.116. The van der Waals surface area contributed by atoms with Crippen molar-refractivity contribution in [2.45, 2.75) is 0 Å². The molecule has 0 saturated carbocycles. The van der Waals surface area contributed by atoms with E-state index < -0.39 is 15.8 Å². The molecule has 0 spiro atoms. The molecule has 28 heavy (non-hydrogen) atoms. The van der Waals surface area contributed by atoms with Crippen molar-refractivity contribution in [3.05, 3.63) is 74.1 Å². The zero-order valence-corrected chi connectivity index (χ0v) is 14.9. The third kappa shape index (κ3) is 4.65. The van der Waals surface area contributed by atoms with Gasteiger partial charge in [0.1, 0.15) is 5.75 Å². The van der Waals surface area contributed by atoms with E-state index in [-0.39, 0.29) is 18.0 Å². The van der Waals surface area contributed by atoms with Gasteiger partial charge in [0.15, 0.2) is 11.7 Å². The van der Waals surface area contributed by atoms with Gasteiger partial charge in [-0.3, -0.25) is 30.3 Å². The Balaban J connectivity index is 1.56. The van der Waals surface area contributed by atoms with Gasteiger partial charge in [-0.1, -0.05) is 0 Å². The maximum atomic E-state index is 12.0. The summed E-state index contributed by atoms with van der Waals surface area (Å²) in [6.45, 7) is -0.287. The molecule has 0 fully saturated rings. The van der Waals surface area contributed by atoms with Gasteiger partial charge in [0, 0.05) is 35.2 Å². The van der Waals surface area contributed by atoms with Crippen molar-refractivity contribution in [3.8, 4) is 17.0 Å². The number of carbonyl (C=O) groups is 1. The highest BCUT2D eigenvalue weighted by molar-refractivity contribution is 7.14. The van der Waals surface area contributed by atoms with Crippen LogP contribution in [0.2, 0.25) is 0 Å². The van der Waals surface area contributed by atoms with Gasteiger partial charge in [-0.2, -0.15) is 0 Å². The van der Waals surface area contributed by atoms with Crippen LogP contribution in [0.1, 0.15) is 0 Å². The van der Waals surface area contributed by atoms with Crippen molar-refractivity contribution in [3.63, 3.8) is 0 Å². The topological polar surface area (TPSA) is 138 Å². The minimum absolute atomic E-state index is 0.0177. The summed E-state index contributed by atoms with van der Waals surface area (Å²) in [4.78, 5) is 36.5. The molecule has 1 heterocycles. The van der Waals surface area contributed by atoms with Gasteiger partial charge in [-0.05, 0) is 24.3 Å². The second kappa shape index (κ2) is 8.22. The number of anilines is 1. The number of hydrogen-bond donors (Lipinski definition) is 1. The Bertz CT molecular complexity index is 1020. The number of nitrogens with zero attached hydrogens (tertiary/aromatic N) is 3. The predicted molar refractivity (Wildman–Crippen MR) is 101 cm³/mol. The number of thiazole rings is 1. The molecule has 2 aromatic carbocycles. The highest BCUT2D eigenvalue weighted by Gasteiger charge is 2.11. The molecule has 0 bridgehead atoms. The van der Waals surface area contributed by atoms with Gasteiger partial charge in [0.05, 0.1) is 15.5 Å². The molecule has 3 rings (SSSR count). The number of rotatable bonds is 7. The molecule has 3 aromatic rings. The first-order valence-electron chi connectivity index (χ1n) is 7.80. The third-order valence-corrected chi connectivity index (χ3v) is 4.30. The number of hydrogen-bond acceptors (Lipinski definition) is 8. The lowest BCUT2D eigenvalue weighted by Gasteiger charge is -2.05. The first kappa shape index (κ1) is 18.9. The van der Waals surface area contributed by atoms with Crippen LogP contribution in [0.3, 0.4) is 0 Å². The van der Waals surface area contributed by atoms with Crippen LogP contribution < -0.4 is 10.1 Å². The van der Waals surface area contributed by atoms with Crippen LogP contribution in [0.5, 0.6) is 5.75 Å². The molecule has 1 N–H and O–H groups in total. The molecule has 0 unspecified atom stereocenters. The lowest BCUT2D eigenvalue weighted by molar-refractivity contribution is -0.385. The Kier molecular flexibility index (Phi) is 5.56. The smallest absolute Gasteiger partial charge is 0.269 e. The molecule has 1 amide bonds. The Labute approximate surface area is 161 Å². The summed E-state index contributed by atoms with van der Waals surface area (Å²) >= 11 is 1.20. The normalized spacial score (nSPS) is 10.3. The summed E-state index contributed by atoms with van der Waals surface area (Å²) in [6.07, 6.45) is 0. The molecule has 0 radical (unpaired) electrons. The number of carbonyl (C=O) groups excluding carboxylic acids is 1. The Hall–Kier alpha value is -3.86. The van der Waals surface area contributed by atoms with Crippen molar-refractivity contribution >= 4 is 33.8 Å². The quantitative estimate of drug-likeness (QED) is 0.472. The fourth-order valence-corrected chi connectivity index (χ4v) is 2.92. The summed E-state index contributed by atoms with van der Waals surface area (Å²) in [7, 11) is 0. The molecule has 0 atom stereocenters. The summed E-state index contributed by atoms with van der Waals surface area (Å²) in [5.41, 5.74) is 1.17. The largest absolute Gasteiger partial charge is 0.484 e. The van der Waals surface area contributed by atoms with Crippen LogP contribution in [-0.2, 0) is 4.79 Å². The van der Waals surface area contributed by atoms with E-state index in [1.165, 1.54) is 47.7 Å². The average molecular weight is 400 g/mol. The van der Waals surface area contributed by atoms with Gasteiger partial charge >= 0.3 is 0 Å². The van der Waals surface area contributed by atoms with Crippen LogP contribution in [0, 0.1) is 20.2 Å². The fraction of sp³-hybridized carbons (Fsp3) is 0.0588. The van der Waals surface area contributed by atoms with E-state index >= 15 is 0 Å². The van der Waals surface area contributed by atoms with Crippen LogP contribution in [0.15, 0.2) is 53.9 Å². The van der Waals surface area contributed by atoms with Crippen molar-refractivity contribution in [1.29, 1.82) is 0 Å². The molecule has 0 aliphatic carbocycles. The van der Waals surface area contributed by atoms with E-state index in [1.807, 2.05) is 0 Å². The molecule has 11 heteroatoms. The van der Waals surface area contributed by atoms with Gasteiger partial charge in [0.2, 0.25) is 0 Å². The number of aromatic nitrogens is 1. The number of amides is 1. The number of nitrogens with one attached hydrogen (secondary N) is 1. The summed E-state index contributed by atoms with van der Waals surface area (Å²) in [6, 6.07) is 11.3. The standard InChI is InChI=1S/C17H12N4O6S/c22-16(9-27-14-7-5-13(6-8-14)21(25)26)19-17-18-15(10-28-17)11-1-3-12(4-2-11)20(23)24/h1-8,10H,9H2,(H,18,19,22). The minimum Gasteiger partial charge on any atom is -0.484 e. The zero-order chi connectivity index (χ0) is 20.1. The highest BCUT2D eigenvalue weighted by Crippen LogP contribution is 2.26. The summed E-state index contributed by atoms with van der Waals surface area (Å²) in [5, 5.41) is 25.9. The first-order chi connectivity index (χ1) is 13.4. The van der Waals surface area contributed by atoms with Gasteiger partial charge in [0.25, 0.3) is 17.3 Å². The van der Waals surface area contributed by atoms with Crippen molar-refractivity contribution in [1.82, 2.24) is 4.98 Å². The van der Waals surface area contributed by atoms with E-state index in [2.05, 4.69) is 10.3 Å². The Morgan fingerprint density at radius 2 is 1.57 bits per heavy atom. The summed E-state index contributed by atoms with van der Waals surface area (Å²) < 4.78 is 5.28. The molecule has 0 saturated heterocycles. The SMILES string of the molecule is O=C(COc1ccc([N+](=O)[O-])cc1)Nc1nc(-c2ccc([N+](=O)[O-])cc2)cs1. The average Bonchev–Trinajstić information content (AvgIpc) is 3.15. The number of nitro benzene ring substituents is 2. The molecular formula is C17H12N4O6S. The molecule has 10 nitrogen and oxygen atoms in total.